The zero-order valence-electron chi connectivity index (χ0n) is 10.6. The van der Waals surface area contributed by atoms with Crippen molar-refractivity contribution in [3.8, 4) is 6.07 Å². The van der Waals surface area contributed by atoms with E-state index in [1.165, 1.54) is 19.3 Å². The first-order valence-corrected chi connectivity index (χ1v) is 6.35. The molecule has 0 bridgehead atoms. The van der Waals surface area contributed by atoms with Gasteiger partial charge in [-0.15, -0.1) is 0 Å². The smallest absolute Gasteiger partial charge is 0.0684 e. The molecule has 1 fully saturated rings. The van der Waals surface area contributed by atoms with Crippen LogP contribution in [-0.2, 0) is 0 Å². The van der Waals surface area contributed by atoms with Crippen LogP contribution in [0.5, 0.6) is 0 Å². The third kappa shape index (κ3) is 4.11. The zero-order valence-corrected chi connectivity index (χ0v) is 10.6. The Morgan fingerprint density at radius 3 is 2.75 bits per heavy atom. The first-order chi connectivity index (χ1) is 7.59. The summed E-state index contributed by atoms with van der Waals surface area (Å²) < 4.78 is 0. The summed E-state index contributed by atoms with van der Waals surface area (Å²) in [7, 11) is 0. The van der Waals surface area contributed by atoms with Crippen LogP contribution in [0.4, 0.5) is 0 Å². The average molecular weight is 224 g/mol. The number of hydrogen-bond acceptors (Lipinski definition) is 3. The van der Waals surface area contributed by atoms with Crippen molar-refractivity contribution < 1.29 is 5.11 Å². The van der Waals surface area contributed by atoms with E-state index in [-0.39, 0.29) is 12.0 Å². The molecular weight excluding hydrogens is 200 g/mol. The average Bonchev–Trinajstić information content (AvgIpc) is 2.51. The Morgan fingerprint density at radius 1 is 1.38 bits per heavy atom. The maximum absolute atomic E-state index is 9.37. The molecule has 1 aliphatic rings. The van der Waals surface area contributed by atoms with Crippen molar-refractivity contribution in [3.05, 3.63) is 0 Å². The molecule has 1 aliphatic heterocycles. The van der Waals surface area contributed by atoms with E-state index in [1.807, 2.05) is 13.8 Å². The molecule has 3 nitrogen and oxygen atoms in total. The van der Waals surface area contributed by atoms with Gasteiger partial charge in [-0.25, -0.2) is 0 Å². The minimum absolute atomic E-state index is 0.244. The summed E-state index contributed by atoms with van der Waals surface area (Å²) >= 11 is 0. The maximum atomic E-state index is 9.37. The standard InChI is InChI=1S/C13H24N2O/c1-13(2,11-14)7-9-15-8-5-3-4-6-12(15)10-16/h12,16H,3-10H2,1-2H3. The van der Waals surface area contributed by atoms with E-state index in [9.17, 15) is 5.11 Å². The van der Waals surface area contributed by atoms with Gasteiger partial charge in [0.05, 0.1) is 18.1 Å². The number of likely N-dealkylation sites (tertiary alicyclic amines) is 1. The normalized spacial score (nSPS) is 23.8. The van der Waals surface area contributed by atoms with Crippen LogP contribution in [0.1, 0.15) is 46.0 Å². The van der Waals surface area contributed by atoms with Gasteiger partial charge in [0.1, 0.15) is 0 Å². The summed E-state index contributed by atoms with van der Waals surface area (Å²) in [6.07, 6.45) is 5.71. The molecule has 16 heavy (non-hydrogen) atoms. The first-order valence-electron chi connectivity index (χ1n) is 6.35. The number of nitrogens with zero attached hydrogens (tertiary/aromatic N) is 2. The third-order valence-corrected chi connectivity index (χ3v) is 3.54. The predicted molar refractivity (Wildman–Crippen MR) is 64.9 cm³/mol. The van der Waals surface area contributed by atoms with Crippen LogP contribution in [0.25, 0.3) is 0 Å². The number of aliphatic hydroxyl groups excluding tert-OH is 1. The van der Waals surface area contributed by atoms with Crippen molar-refractivity contribution >= 4 is 0 Å². The van der Waals surface area contributed by atoms with Crippen molar-refractivity contribution in [2.75, 3.05) is 19.7 Å². The Hall–Kier alpha value is -0.590. The number of hydrogen-bond donors (Lipinski definition) is 1. The van der Waals surface area contributed by atoms with Crippen LogP contribution in [0.15, 0.2) is 0 Å². The van der Waals surface area contributed by atoms with Crippen LogP contribution >= 0.6 is 0 Å². The van der Waals surface area contributed by atoms with E-state index >= 15 is 0 Å². The third-order valence-electron chi connectivity index (χ3n) is 3.54. The number of rotatable bonds is 4. The minimum atomic E-state index is -0.244. The zero-order chi connectivity index (χ0) is 12.0. The van der Waals surface area contributed by atoms with Crippen molar-refractivity contribution in [2.24, 2.45) is 5.41 Å². The molecule has 0 radical (unpaired) electrons. The molecule has 0 amide bonds. The van der Waals surface area contributed by atoms with E-state index in [4.69, 9.17) is 5.26 Å². The maximum Gasteiger partial charge on any atom is 0.0684 e. The predicted octanol–water partition coefficient (Wildman–Crippen LogP) is 2.16. The molecule has 1 unspecified atom stereocenters. The molecule has 0 aliphatic carbocycles. The lowest BCUT2D eigenvalue weighted by atomic mass is 9.91. The summed E-state index contributed by atoms with van der Waals surface area (Å²) in [6, 6.07) is 2.66. The molecule has 0 aromatic heterocycles. The van der Waals surface area contributed by atoms with E-state index in [0.29, 0.717) is 6.04 Å². The number of aliphatic hydroxyl groups is 1. The molecule has 1 N–H and O–H groups in total. The topological polar surface area (TPSA) is 47.3 Å². The summed E-state index contributed by atoms with van der Waals surface area (Å²) in [5.41, 5.74) is -0.244. The van der Waals surface area contributed by atoms with Gasteiger partial charge in [-0.3, -0.25) is 4.90 Å². The Kier molecular flexibility index (Phi) is 5.24. The second kappa shape index (κ2) is 6.22. The molecule has 1 saturated heterocycles. The summed E-state index contributed by atoms with van der Waals surface area (Å²) in [4.78, 5) is 2.37. The Bertz CT molecular complexity index is 245. The molecule has 0 aromatic rings. The molecule has 0 aromatic carbocycles. The quantitative estimate of drug-likeness (QED) is 0.796. The highest BCUT2D eigenvalue weighted by atomic mass is 16.3. The highest BCUT2D eigenvalue weighted by Gasteiger charge is 2.23. The van der Waals surface area contributed by atoms with Gasteiger partial charge < -0.3 is 5.11 Å². The monoisotopic (exact) mass is 224 g/mol. The highest BCUT2D eigenvalue weighted by Crippen LogP contribution is 2.22. The van der Waals surface area contributed by atoms with E-state index in [2.05, 4.69) is 11.0 Å². The van der Waals surface area contributed by atoms with Crippen molar-refractivity contribution in [2.45, 2.75) is 52.0 Å². The molecule has 1 heterocycles. The SMILES string of the molecule is CC(C)(C#N)CCN1CCCCCC1CO. The lowest BCUT2D eigenvalue weighted by molar-refractivity contribution is 0.116. The fraction of sp³-hybridized carbons (Fsp3) is 0.923. The summed E-state index contributed by atoms with van der Waals surface area (Å²) in [5.74, 6) is 0. The van der Waals surface area contributed by atoms with Crippen LogP contribution in [0.3, 0.4) is 0 Å². The van der Waals surface area contributed by atoms with Crippen molar-refractivity contribution in [1.82, 2.24) is 4.90 Å². The Balaban J connectivity index is 2.46. The highest BCUT2D eigenvalue weighted by molar-refractivity contribution is 4.92. The van der Waals surface area contributed by atoms with Crippen LogP contribution in [0.2, 0.25) is 0 Å². The lowest BCUT2D eigenvalue weighted by Crippen LogP contribution is -2.39. The fourth-order valence-electron chi connectivity index (χ4n) is 2.22. The molecule has 1 rings (SSSR count). The van der Waals surface area contributed by atoms with Gasteiger partial charge in [-0.1, -0.05) is 12.8 Å². The van der Waals surface area contributed by atoms with Crippen molar-refractivity contribution in [1.29, 1.82) is 5.26 Å². The molecule has 1 atom stereocenters. The molecule has 3 heteroatoms. The lowest BCUT2D eigenvalue weighted by Gasteiger charge is -2.30. The van der Waals surface area contributed by atoms with Crippen molar-refractivity contribution in [3.63, 3.8) is 0 Å². The molecule has 0 saturated carbocycles. The molecule has 92 valence electrons. The molecule has 0 spiro atoms. The van der Waals surface area contributed by atoms with Crippen LogP contribution in [-0.4, -0.2) is 35.7 Å². The van der Waals surface area contributed by atoms with Gasteiger partial charge >= 0.3 is 0 Å². The second-order valence-electron chi connectivity index (χ2n) is 5.47. The fourth-order valence-corrected chi connectivity index (χ4v) is 2.22. The van der Waals surface area contributed by atoms with E-state index in [1.54, 1.807) is 0 Å². The van der Waals surface area contributed by atoms with Gasteiger partial charge in [-0.2, -0.15) is 5.26 Å². The Labute approximate surface area is 99.1 Å². The summed E-state index contributed by atoms with van der Waals surface area (Å²) in [5, 5.41) is 18.4. The van der Waals surface area contributed by atoms with Crippen LogP contribution in [0, 0.1) is 16.7 Å². The molecular formula is C13H24N2O. The van der Waals surface area contributed by atoms with Gasteiger partial charge in [-0.05, 0) is 39.7 Å². The van der Waals surface area contributed by atoms with Gasteiger partial charge in [0, 0.05) is 12.6 Å². The first kappa shape index (κ1) is 13.5. The van der Waals surface area contributed by atoms with E-state index < -0.39 is 0 Å². The summed E-state index contributed by atoms with van der Waals surface area (Å²) in [6.45, 7) is 6.24. The van der Waals surface area contributed by atoms with Gasteiger partial charge in [0.15, 0.2) is 0 Å². The van der Waals surface area contributed by atoms with Crippen LogP contribution < -0.4 is 0 Å². The minimum Gasteiger partial charge on any atom is -0.395 e. The number of nitriles is 1. The van der Waals surface area contributed by atoms with Gasteiger partial charge in [0.25, 0.3) is 0 Å². The Morgan fingerprint density at radius 2 is 2.12 bits per heavy atom. The largest absolute Gasteiger partial charge is 0.395 e. The van der Waals surface area contributed by atoms with E-state index in [0.717, 1.165) is 25.9 Å². The second-order valence-corrected chi connectivity index (χ2v) is 5.47. The van der Waals surface area contributed by atoms with Gasteiger partial charge in [0.2, 0.25) is 0 Å².